The molecule has 4 heteroatoms. The van der Waals surface area contributed by atoms with Crippen LogP contribution in [0.15, 0.2) is 22.7 Å². The normalized spacial score (nSPS) is 10.5. The third kappa shape index (κ3) is 3.46. The number of anilines is 1. The van der Waals surface area contributed by atoms with Gasteiger partial charge in [-0.3, -0.25) is 0 Å². The van der Waals surface area contributed by atoms with Crippen LogP contribution in [0.3, 0.4) is 0 Å². The predicted octanol–water partition coefficient (Wildman–Crippen LogP) is 3.68. The molecule has 0 aliphatic heterocycles. The van der Waals surface area contributed by atoms with E-state index in [1.165, 1.54) is 0 Å². The molecule has 0 saturated carbocycles. The summed E-state index contributed by atoms with van der Waals surface area (Å²) in [7, 11) is 0. The zero-order chi connectivity index (χ0) is 12.1. The molecule has 88 valence electrons. The van der Waals surface area contributed by atoms with Crippen molar-refractivity contribution >= 4 is 38.8 Å². The second-order valence-corrected chi connectivity index (χ2v) is 5.07. The largest absolute Gasteiger partial charge is 0.389 e. The summed E-state index contributed by atoms with van der Waals surface area (Å²) in [5, 5.41) is 3.47. The fourth-order valence-electron chi connectivity index (χ4n) is 1.56. The number of halogens is 1. The molecule has 2 nitrogen and oxygen atoms in total. The van der Waals surface area contributed by atoms with Gasteiger partial charge >= 0.3 is 0 Å². The van der Waals surface area contributed by atoms with Gasteiger partial charge in [0.15, 0.2) is 0 Å². The van der Waals surface area contributed by atoms with Gasteiger partial charge in [-0.05, 0) is 31.0 Å². The fraction of sp³-hybridized carbons (Fsp3) is 0.417. The Bertz CT molecular complexity index is 375. The molecule has 0 spiro atoms. The van der Waals surface area contributed by atoms with Gasteiger partial charge in [0, 0.05) is 21.8 Å². The average molecular weight is 301 g/mol. The molecule has 0 bridgehead atoms. The Labute approximate surface area is 111 Å². The van der Waals surface area contributed by atoms with Gasteiger partial charge in [-0.25, -0.2) is 0 Å². The van der Waals surface area contributed by atoms with Gasteiger partial charge in [0.25, 0.3) is 0 Å². The monoisotopic (exact) mass is 300 g/mol. The summed E-state index contributed by atoms with van der Waals surface area (Å²) >= 11 is 8.50. The molecular weight excluding hydrogens is 284 g/mol. The van der Waals surface area contributed by atoms with Crippen molar-refractivity contribution in [2.45, 2.75) is 32.7 Å². The third-order valence-electron chi connectivity index (χ3n) is 2.59. The van der Waals surface area contributed by atoms with Crippen molar-refractivity contribution in [1.29, 1.82) is 0 Å². The summed E-state index contributed by atoms with van der Waals surface area (Å²) in [6, 6.07) is 6.37. The molecule has 0 amide bonds. The van der Waals surface area contributed by atoms with Gasteiger partial charge < -0.3 is 11.1 Å². The van der Waals surface area contributed by atoms with Crippen LogP contribution in [-0.4, -0.2) is 11.0 Å². The van der Waals surface area contributed by atoms with Crippen LogP contribution in [0.2, 0.25) is 0 Å². The number of thiocarbonyl (C=S) groups is 1. The van der Waals surface area contributed by atoms with Crippen molar-refractivity contribution in [2.75, 3.05) is 5.32 Å². The van der Waals surface area contributed by atoms with Crippen LogP contribution < -0.4 is 11.1 Å². The minimum atomic E-state index is 0.431. The summed E-state index contributed by atoms with van der Waals surface area (Å²) < 4.78 is 1.03. The molecule has 0 aliphatic rings. The molecule has 0 atom stereocenters. The molecule has 1 aromatic carbocycles. The minimum absolute atomic E-state index is 0.431. The van der Waals surface area contributed by atoms with Crippen molar-refractivity contribution in [3.63, 3.8) is 0 Å². The number of rotatable bonds is 5. The first kappa shape index (κ1) is 13.5. The lowest BCUT2D eigenvalue weighted by atomic mass is 10.1. The molecule has 0 unspecified atom stereocenters. The van der Waals surface area contributed by atoms with Crippen LogP contribution in [0.25, 0.3) is 0 Å². The lowest BCUT2D eigenvalue weighted by molar-refractivity contribution is 0.671. The SMILES string of the molecule is CCC(CC)Nc1cc(Br)ccc1C(N)=S. The average Bonchev–Trinajstić information content (AvgIpc) is 2.25. The van der Waals surface area contributed by atoms with E-state index in [2.05, 4.69) is 35.1 Å². The Morgan fingerprint density at radius 3 is 2.56 bits per heavy atom. The molecule has 0 fully saturated rings. The maximum absolute atomic E-state index is 5.70. The molecule has 0 heterocycles. The molecule has 16 heavy (non-hydrogen) atoms. The standard InChI is InChI=1S/C12H17BrN2S/c1-3-9(4-2)15-11-7-8(13)5-6-10(11)12(14)16/h5-7,9,15H,3-4H2,1-2H3,(H2,14,16). The first-order valence-corrected chi connectivity index (χ1v) is 6.64. The third-order valence-corrected chi connectivity index (χ3v) is 3.31. The van der Waals surface area contributed by atoms with Gasteiger partial charge in [-0.2, -0.15) is 0 Å². The zero-order valence-electron chi connectivity index (χ0n) is 9.59. The molecule has 1 aromatic rings. The van der Waals surface area contributed by atoms with Crippen molar-refractivity contribution in [3.8, 4) is 0 Å². The van der Waals surface area contributed by atoms with Crippen LogP contribution >= 0.6 is 28.1 Å². The number of nitrogens with one attached hydrogen (secondary N) is 1. The Morgan fingerprint density at radius 1 is 1.44 bits per heavy atom. The Hall–Kier alpha value is -0.610. The summed E-state index contributed by atoms with van der Waals surface area (Å²) in [6.45, 7) is 4.33. The molecule has 0 aliphatic carbocycles. The Balaban J connectivity index is 3.00. The van der Waals surface area contributed by atoms with Gasteiger partial charge in [-0.1, -0.05) is 42.0 Å². The summed E-state index contributed by atoms with van der Waals surface area (Å²) in [5.74, 6) is 0. The molecule has 3 N–H and O–H groups in total. The van der Waals surface area contributed by atoms with Gasteiger partial charge in [0.05, 0.1) is 0 Å². The second kappa shape index (κ2) is 6.21. The fourth-order valence-corrected chi connectivity index (χ4v) is 2.10. The van der Waals surface area contributed by atoms with E-state index in [4.69, 9.17) is 18.0 Å². The van der Waals surface area contributed by atoms with E-state index in [1.54, 1.807) is 0 Å². The quantitative estimate of drug-likeness (QED) is 0.815. The van der Waals surface area contributed by atoms with Crippen LogP contribution in [-0.2, 0) is 0 Å². The van der Waals surface area contributed by atoms with Crippen molar-refractivity contribution < 1.29 is 0 Å². The van der Waals surface area contributed by atoms with Crippen molar-refractivity contribution in [2.24, 2.45) is 5.73 Å². The zero-order valence-corrected chi connectivity index (χ0v) is 12.0. The summed E-state index contributed by atoms with van der Waals surface area (Å²) in [4.78, 5) is 0.431. The van der Waals surface area contributed by atoms with Gasteiger partial charge in [-0.15, -0.1) is 0 Å². The van der Waals surface area contributed by atoms with E-state index in [0.717, 1.165) is 28.6 Å². The smallest absolute Gasteiger partial charge is 0.106 e. The van der Waals surface area contributed by atoms with E-state index in [1.807, 2.05) is 18.2 Å². The van der Waals surface area contributed by atoms with E-state index < -0.39 is 0 Å². The topological polar surface area (TPSA) is 38.0 Å². The first-order chi connectivity index (χ1) is 7.58. The van der Waals surface area contributed by atoms with Gasteiger partial charge in [0.2, 0.25) is 0 Å². The Kier molecular flexibility index (Phi) is 5.22. The number of nitrogens with two attached hydrogens (primary N) is 1. The summed E-state index contributed by atoms with van der Waals surface area (Å²) in [6.07, 6.45) is 2.17. The highest BCUT2D eigenvalue weighted by Crippen LogP contribution is 2.23. The van der Waals surface area contributed by atoms with E-state index in [9.17, 15) is 0 Å². The van der Waals surface area contributed by atoms with Crippen LogP contribution in [0.5, 0.6) is 0 Å². The lowest BCUT2D eigenvalue weighted by Gasteiger charge is -2.19. The maximum Gasteiger partial charge on any atom is 0.106 e. The molecule has 0 radical (unpaired) electrons. The molecule has 0 saturated heterocycles. The van der Waals surface area contributed by atoms with Crippen LogP contribution in [0.1, 0.15) is 32.3 Å². The number of hydrogen-bond acceptors (Lipinski definition) is 2. The second-order valence-electron chi connectivity index (χ2n) is 3.71. The van der Waals surface area contributed by atoms with Crippen molar-refractivity contribution in [1.82, 2.24) is 0 Å². The highest BCUT2D eigenvalue weighted by atomic mass is 79.9. The molecule has 1 rings (SSSR count). The predicted molar refractivity (Wildman–Crippen MR) is 78.0 cm³/mol. The number of benzene rings is 1. The van der Waals surface area contributed by atoms with Crippen LogP contribution in [0.4, 0.5) is 5.69 Å². The van der Waals surface area contributed by atoms with Gasteiger partial charge in [0.1, 0.15) is 4.99 Å². The Morgan fingerprint density at radius 2 is 2.06 bits per heavy atom. The molecule has 0 aromatic heterocycles. The number of hydrogen-bond donors (Lipinski definition) is 2. The van der Waals surface area contributed by atoms with E-state index in [-0.39, 0.29) is 0 Å². The lowest BCUT2D eigenvalue weighted by Crippen LogP contribution is -2.20. The van der Waals surface area contributed by atoms with E-state index in [0.29, 0.717) is 11.0 Å². The van der Waals surface area contributed by atoms with Crippen molar-refractivity contribution in [3.05, 3.63) is 28.2 Å². The summed E-state index contributed by atoms with van der Waals surface area (Å²) in [5.41, 5.74) is 7.62. The highest BCUT2D eigenvalue weighted by molar-refractivity contribution is 9.10. The maximum atomic E-state index is 5.70. The van der Waals surface area contributed by atoms with E-state index >= 15 is 0 Å². The molecular formula is C12H17BrN2S. The van der Waals surface area contributed by atoms with Crippen LogP contribution in [0, 0.1) is 0 Å². The highest BCUT2D eigenvalue weighted by Gasteiger charge is 2.09. The minimum Gasteiger partial charge on any atom is -0.389 e. The first-order valence-electron chi connectivity index (χ1n) is 5.44.